The molecule has 0 radical (unpaired) electrons. The standard InChI is InChI=1S/C19H27N3O2/c1-13-12-14(2)21-19(20-13)24-17-10-8-16(9-11-17)22-18(23)15-6-4-3-5-7-15/h3-4,12,15-17H,5-11H2,1-2H3,(H,22,23)/t15-,16?,17?/m0/s1. The van der Waals surface area contributed by atoms with Crippen molar-refractivity contribution in [3.05, 3.63) is 29.6 Å². The van der Waals surface area contributed by atoms with Crippen molar-refractivity contribution in [2.75, 3.05) is 0 Å². The molecule has 0 saturated heterocycles. The molecule has 1 aromatic rings. The highest BCUT2D eigenvalue weighted by molar-refractivity contribution is 5.79. The fourth-order valence-electron chi connectivity index (χ4n) is 3.57. The van der Waals surface area contributed by atoms with Gasteiger partial charge in [-0.2, -0.15) is 0 Å². The van der Waals surface area contributed by atoms with Crippen LogP contribution in [0.15, 0.2) is 18.2 Å². The molecule has 1 heterocycles. The zero-order valence-electron chi connectivity index (χ0n) is 14.6. The van der Waals surface area contributed by atoms with Crippen LogP contribution in [0, 0.1) is 19.8 Å². The molecule has 0 bridgehead atoms. The Balaban J connectivity index is 1.45. The van der Waals surface area contributed by atoms with Crippen LogP contribution >= 0.6 is 0 Å². The van der Waals surface area contributed by atoms with E-state index in [4.69, 9.17) is 4.74 Å². The Bertz CT molecular complexity index is 586. The van der Waals surface area contributed by atoms with Crippen molar-refractivity contribution in [3.8, 4) is 6.01 Å². The Morgan fingerprint density at radius 2 is 1.79 bits per heavy atom. The summed E-state index contributed by atoms with van der Waals surface area (Å²) < 4.78 is 5.94. The molecule has 1 fully saturated rings. The van der Waals surface area contributed by atoms with Gasteiger partial charge in [-0.25, -0.2) is 9.97 Å². The molecule has 1 N–H and O–H groups in total. The van der Waals surface area contributed by atoms with Gasteiger partial charge >= 0.3 is 6.01 Å². The molecule has 5 nitrogen and oxygen atoms in total. The molecular weight excluding hydrogens is 302 g/mol. The lowest BCUT2D eigenvalue weighted by molar-refractivity contribution is -0.126. The molecule has 2 aliphatic rings. The molecule has 0 aliphatic heterocycles. The van der Waals surface area contributed by atoms with Gasteiger partial charge in [-0.05, 0) is 64.9 Å². The lowest BCUT2D eigenvalue weighted by Crippen LogP contribution is -2.42. The van der Waals surface area contributed by atoms with Gasteiger partial charge in [0.1, 0.15) is 6.10 Å². The van der Waals surface area contributed by atoms with E-state index in [1.807, 2.05) is 19.9 Å². The van der Waals surface area contributed by atoms with Gasteiger partial charge in [0.2, 0.25) is 5.91 Å². The predicted molar refractivity (Wildman–Crippen MR) is 92.8 cm³/mol. The highest BCUT2D eigenvalue weighted by atomic mass is 16.5. The minimum absolute atomic E-state index is 0.150. The van der Waals surface area contributed by atoms with E-state index >= 15 is 0 Å². The first-order valence-corrected chi connectivity index (χ1v) is 9.04. The van der Waals surface area contributed by atoms with Crippen LogP contribution < -0.4 is 10.1 Å². The number of hydrogen-bond donors (Lipinski definition) is 1. The monoisotopic (exact) mass is 329 g/mol. The third-order valence-electron chi connectivity index (χ3n) is 4.89. The molecular formula is C19H27N3O2. The Morgan fingerprint density at radius 3 is 2.42 bits per heavy atom. The van der Waals surface area contributed by atoms with Gasteiger partial charge in [0.05, 0.1) is 0 Å². The van der Waals surface area contributed by atoms with Crippen LogP contribution in [0.2, 0.25) is 0 Å². The summed E-state index contributed by atoms with van der Waals surface area (Å²) in [7, 11) is 0. The summed E-state index contributed by atoms with van der Waals surface area (Å²) in [5, 5.41) is 3.23. The van der Waals surface area contributed by atoms with E-state index < -0.39 is 0 Å². The average Bonchev–Trinajstić information content (AvgIpc) is 2.56. The summed E-state index contributed by atoms with van der Waals surface area (Å²) in [6.45, 7) is 3.91. The number of aromatic nitrogens is 2. The molecule has 5 heteroatoms. The van der Waals surface area contributed by atoms with Gasteiger partial charge in [-0.15, -0.1) is 0 Å². The number of carbonyl (C=O) groups is 1. The van der Waals surface area contributed by atoms with Crippen molar-refractivity contribution in [1.82, 2.24) is 15.3 Å². The van der Waals surface area contributed by atoms with Gasteiger partial charge in [-0.1, -0.05) is 12.2 Å². The first-order valence-electron chi connectivity index (χ1n) is 9.04. The maximum Gasteiger partial charge on any atom is 0.317 e. The molecule has 24 heavy (non-hydrogen) atoms. The molecule has 130 valence electrons. The number of ether oxygens (including phenoxy) is 1. The normalized spacial score (nSPS) is 26.8. The number of nitrogens with one attached hydrogen (secondary N) is 1. The number of amides is 1. The minimum Gasteiger partial charge on any atom is -0.460 e. The first kappa shape index (κ1) is 16.9. The van der Waals surface area contributed by atoms with Gasteiger partial charge < -0.3 is 10.1 Å². The summed E-state index contributed by atoms with van der Waals surface area (Å²) in [6, 6.07) is 2.71. The number of carbonyl (C=O) groups excluding carboxylic acids is 1. The van der Waals surface area contributed by atoms with Crippen LogP contribution in [0.1, 0.15) is 56.3 Å². The Hall–Kier alpha value is -1.91. The summed E-state index contributed by atoms with van der Waals surface area (Å²) in [4.78, 5) is 21.0. The number of nitrogens with zero attached hydrogens (tertiary/aromatic N) is 2. The number of allylic oxidation sites excluding steroid dienone is 2. The summed E-state index contributed by atoms with van der Waals surface area (Å²) in [6.07, 6.45) is 11.1. The fraction of sp³-hybridized carbons (Fsp3) is 0.632. The van der Waals surface area contributed by atoms with E-state index in [2.05, 4.69) is 27.4 Å². The Kier molecular flexibility index (Phi) is 5.48. The fourth-order valence-corrected chi connectivity index (χ4v) is 3.57. The van der Waals surface area contributed by atoms with Crippen molar-refractivity contribution in [3.63, 3.8) is 0 Å². The van der Waals surface area contributed by atoms with E-state index in [1.54, 1.807) is 0 Å². The molecule has 1 saturated carbocycles. The third-order valence-corrected chi connectivity index (χ3v) is 4.89. The summed E-state index contributed by atoms with van der Waals surface area (Å²) in [5.41, 5.74) is 1.86. The highest BCUT2D eigenvalue weighted by Crippen LogP contribution is 2.24. The molecule has 0 spiro atoms. The second-order valence-corrected chi connectivity index (χ2v) is 7.01. The maximum atomic E-state index is 12.3. The molecule has 2 aliphatic carbocycles. The molecule has 1 amide bonds. The second kappa shape index (κ2) is 7.77. The SMILES string of the molecule is Cc1cc(C)nc(OC2CCC(NC(=O)[C@H]3CC=CCC3)CC2)n1. The molecule has 0 aromatic carbocycles. The zero-order chi connectivity index (χ0) is 16.9. The highest BCUT2D eigenvalue weighted by Gasteiger charge is 2.26. The molecule has 3 rings (SSSR count). The smallest absolute Gasteiger partial charge is 0.317 e. The van der Waals surface area contributed by atoms with Gasteiger partial charge in [0.15, 0.2) is 0 Å². The second-order valence-electron chi connectivity index (χ2n) is 7.01. The van der Waals surface area contributed by atoms with Crippen molar-refractivity contribution in [1.29, 1.82) is 0 Å². The maximum absolute atomic E-state index is 12.3. The number of aryl methyl sites for hydroxylation is 2. The zero-order valence-corrected chi connectivity index (χ0v) is 14.6. The van der Waals surface area contributed by atoms with E-state index in [9.17, 15) is 4.79 Å². The van der Waals surface area contributed by atoms with Crippen LogP contribution in [0.25, 0.3) is 0 Å². The van der Waals surface area contributed by atoms with E-state index in [1.165, 1.54) is 0 Å². The summed E-state index contributed by atoms with van der Waals surface area (Å²) in [5.74, 6) is 0.383. The molecule has 1 atom stereocenters. The van der Waals surface area contributed by atoms with Crippen LogP contribution in [-0.2, 0) is 4.79 Å². The van der Waals surface area contributed by atoms with E-state index in [0.29, 0.717) is 6.01 Å². The van der Waals surface area contributed by atoms with Crippen molar-refractivity contribution < 1.29 is 9.53 Å². The van der Waals surface area contributed by atoms with Gasteiger partial charge in [-0.3, -0.25) is 4.79 Å². The minimum atomic E-state index is 0.150. The number of hydrogen-bond acceptors (Lipinski definition) is 4. The molecule has 1 aromatic heterocycles. The van der Waals surface area contributed by atoms with Crippen molar-refractivity contribution in [2.24, 2.45) is 5.92 Å². The van der Waals surface area contributed by atoms with Gasteiger partial charge in [0, 0.05) is 23.3 Å². The van der Waals surface area contributed by atoms with Crippen molar-refractivity contribution >= 4 is 5.91 Å². The topological polar surface area (TPSA) is 64.1 Å². The first-order chi connectivity index (χ1) is 11.6. The largest absolute Gasteiger partial charge is 0.460 e. The average molecular weight is 329 g/mol. The lowest BCUT2D eigenvalue weighted by atomic mass is 9.90. The number of rotatable bonds is 4. The molecule has 0 unspecified atom stereocenters. The third kappa shape index (κ3) is 4.56. The van der Waals surface area contributed by atoms with Crippen LogP contribution in [0.4, 0.5) is 0 Å². The Labute approximate surface area is 143 Å². The van der Waals surface area contributed by atoms with Crippen LogP contribution in [0.5, 0.6) is 6.01 Å². The predicted octanol–water partition coefficient (Wildman–Crippen LogP) is 3.26. The van der Waals surface area contributed by atoms with E-state index in [0.717, 1.165) is 56.3 Å². The van der Waals surface area contributed by atoms with Gasteiger partial charge in [0.25, 0.3) is 0 Å². The Morgan fingerprint density at radius 1 is 1.08 bits per heavy atom. The quantitative estimate of drug-likeness (QED) is 0.861. The van der Waals surface area contributed by atoms with Crippen LogP contribution in [0.3, 0.4) is 0 Å². The van der Waals surface area contributed by atoms with Crippen molar-refractivity contribution in [2.45, 2.75) is 70.9 Å². The van der Waals surface area contributed by atoms with Crippen LogP contribution in [-0.4, -0.2) is 28.0 Å². The van der Waals surface area contributed by atoms with E-state index in [-0.39, 0.29) is 24.0 Å². The summed E-state index contributed by atoms with van der Waals surface area (Å²) >= 11 is 0. The lowest BCUT2D eigenvalue weighted by Gasteiger charge is -2.30.